The van der Waals surface area contributed by atoms with E-state index in [1.54, 1.807) is 36.4 Å². The number of amides is 1. The maximum atomic E-state index is 13.0. The van der Waals surface area contributed by atoms with Gasteiger partial charge in [0.25, 0.3) is 5.91 Å². The molecule has 1 amide bonds. The van der Waals surface area contributed by atoms with Gasteiger partial charge in [-0.25, -0.2) is 12.8 Å². The van der Waals surface area contributed by atoms with Crippen LogP contribution in [-0.4, -0.2) is 26.6 Å². The molecule has 2 aromatic rings. The van der Waals surface area contributed by atoms with Gasteiger partial charge in [0, 0.05) is 12.1 Å². The van der Waals surface area contributed by atoms with Crippen LogP contribution in [-0.2, 0) is 10.0 Å². The molecular formula is C19H21FN2O3S. The molecule has 1 unspecified atom stereocenters. The summed E-state index contributed by atoms with van der Waals surface area (Å²) in [5, 5.41) is 2.85. The van der Waals surface area contributed by atoms with Crippen molar-refractivity contribution in [1.82, 2.24) is 5.32 Å². The summed E-state index contributed by atoms with van der Waals surface area (Å²) < 4.78 is 38.9. The normalized spacial score (nSPS) is 17.5. The number of rotatable bonds is 4. The van der Waals surface area contributed by atoms with Crippen LogP contribution in [0.3, 0.4) is 0 Å². The number of anilines is 1. The number of carbonyl (C=O) groups excluding carboxylic acids is 1. The third-order valence-corrected chi connectivity index (χ3v) is 6.33. The van der Waals surface area contributed by atoms with Crippen LogP contribution in [0.15, 0.2) is 48.5 Å². The van der Waals surface area contributed by atoms with Gasteiger partial charge in [-0.15, -0.1) is 0 Å². The maximum Gasteiger partial charge on any atom is 0.251 e. The smallest absolute Gasteiger partial charge is 0.251 e. The number of sulfonamides is 1. The molecule has 0 aliphatic carbocycles. The lowest BCUT2D eigenvalue weighted by Crippen LogP contribution is -2.38. The van der Waals surface area contributed by atoms with Crippen molar-refractivity contribution in [2.75, 3.05) is 16.6 Å². The zero-order valence-corrected chi connectivity index (χ0v) is 15.3. The third kappa shape index (κ3) is 4.04. The van der Waals surface area contributed by atoms with Gasteiger partial charge in [0.2, 0.25) is 10.0 Å². The highest BCUT2D eigenvalue weighted by atomic mass is 32.2. The Morgan fingerprint density at radius 2 is 1.88 bits per heavy atom. The summed E-state index contributed by atoms with van der Waals surface area (Å²) in [6, 6.07) is 12.3. The molecule has 26 heavy (non-hydrogen) atoms. The Balaban J connectivity index is 1.77. The van der Waals surface area contributed by atoms with Gasteiger partial charge in [0.05, 0.1) is 17.5 Å². The molecule has 7 heteroatoms. The zero-order valence-electron chi connectivity index (χ0n) is 14.5. The highest BCUT2D eigenvalue weighted by molar-refractivity contribution is 7.92. The number of hydrogen-bond acceptors (Lipinski definition) is 3. The molecule has 5 nitrogen and oxygen atoms in total. The molecule has 0 saturated carbocycles. The fourth-order valence-corrected chi connectivity index (χ4v) is 4.63. The zero-order chi connectivity index (χ0) is 18.7. The molecule has 1 saturated heterocycles. The van der Waals surface area contributed by atoms with E-state index in [2.05, 4.69) is 5.32 Å². The van der Waals surface area contributed by atoms with E-state index >= 15 is 0 Å². The second-order valence-electron chi connectivity index (χ2n) is 6.39. The van der Waals surface area contributed by atoms with E-state index in [1.807, 2.05) is 6.92 Å². The van der Waals surface area contributed by atoms with Crippen molar-refractivity contribution >= 4 is 21.6 Å². The average Bonchev–Trinajstić information content (AvgIpc) is 2.62. The summed E-state index contributed by atoms with van der Waals surface area (Å²) in [7, 11) is -3.32. The van der Waals surface area contributed by atoms with Crippen molar-refractivity contribution < 1.29 is 17.6 Å². The van der Waals surface area contributed by atoms with Crippen LogP contribution in [0.2, 0.25) is 0 Å². The summed E-state index contributed by atoms with van der Waals surface area (Å²) in [5.74, 6) is -0.508. The van der Waals surface area contributed by atoms with Crippen molar-refractivity contribution in [3.63, 3.8) is 0 Å². The highest BCUT2D eigenvalue weighted by Gasteiger charge is 2.26. The minimum atomic E-state index is -3.32. The third-order valence-electron chi connectivity index (χ3n) is 4.46. The molecule has 0 bridgehead atoms. The summed E-state index contributed by atoms with van der Waals surface area (Å²) in [6.45, 7) is 2.24. The van der Waals surface area contributed by atoms with Gasteiger partial charge in [-0.3, -0.25) is 9.10 Å². The van der Waals surface area contributed by atoms with Crippen LogP contribution in [0.1, 0.15) is 41.7 Å². The van der Waals surface area contributed by atoms with Gasteiger partial charge in [0.15, 0.2) is 0 Å². The van der Waals surface area contributed by atoms with Crippen molar-refractivity contribution in [2.45, 2.75) is 25.8 Å². The van der Waals surface area contributed by atoms with Crippen LogP contribution < -0.4 is 9.62 Å². The minimum absolute atomic E-state index is 0.130. The largest absolute Gasteiger partial charge is 0.346 e. The first-order chi connectivity index (χ1) is 12.4. The first-order valence-corrected chi connectivity index (χ1v) is 10.1. The molecule has 1 fully saturated rings. The summed E-state index contributed by atoms with van der Waals surface area (Å²) in [4.78, 5) is 12.5. The second kappa shape index (κ2) is 7.45. The minimum Gasteiger partial charge on any atom is -0.346 e. The predicted octanol–water partition coefficient (Wildman–Crippen LogP) is 3.25. The second-order valence-corrected chi connectivity index (χ2v) is 8.41. The molecule has 3 rings (SSSR count). The molecule has 1 heterocycles. The molecule has 0 radical (unpaired) electrons. The van der Waals surface area contributed by atoms with Gasteiger partial charge in [0.1, 0.15) is 5.82 Å². The Kier molecular flexibility index (Phi) is 5.27. The number of carbonyl (C=O) groups is 1. The van der Waals surface area contributed by atoms with E-state index in [9.17, 15) is 17.6 Å². The van der Waals surface area contributed by atoms with E-state index in [0.717, 1.165) is 12.0 Å². The van der Waals surface area contributed by atoms with E-state index in [4.69, 9.17) is 0 Å². The number of benzene rings is 2. The Labute approximate surface area is 152 Å². The number of halogens is 1. The molecule has 1 atom stereocenters. The van der Waals surface area contributed by atoms with Gasteiger partial charge >= 0.3 is 0 Å². The molecule has 2 aromatic carbocycles. The first kappa shape index (κ1) is 18.4. The van der Waals surface area contributed by atoms with Gasteiger partial charge in [-0.2, -0.15) is 0 Å². The summed E-state index contributed by atoms with van der Waals surface area (Å²) in [5.41, 5.74) is 1.68. The van der Waals surface area contributed by atoms with Crippen molar-refractivity contribution in [2.24, 2.45) is 0 Å². The number of hydrogen-bond donors (Lipinski definition) is 1. The standard InChI is InChI=1S/C19H21FN2O3S/c1-14(15-7-9-17(20)10-8-15)21-19(23)16-5-4-6-18(13-16)22-11-2-3-12-26(22,24)25/h4-10,13-14H,2-3,11-12H2,1H3,(H,21,23). The van der Waals surface area contributed by atoms with E-state index in [-0.39, 0.29) is 23.5 Å². The predicted molar refractivity (Wildman–Crippen MR) is 99.1 cm³/mol. The van der Waals surface area contributed by atoms with Crippen molar-refractivity contribution in [3.05, 3.63) is 65.5 Å². The maximum absolute atomic E-state index is 13.0. The fourth-order valence-electron chi connectivity index (χ4n) is 3.00. The van der Waals surface area contributed by atoms with Crippen molar-refractivity contribution in [1.29, 1.82) is 0 Å². The van der Waals surface area contributed by atoms with Gasteiger partial charge < -0.3 is 5.32 Å². The monoisotopic (exact) mass is 376 g/mol. The van der Waals surface area contributed by atoms with Gasteiger partial charge in [-0.1, -0.05) is 18.2 Å². The molecule has 0 spiro atoms. The Bertz CT molecular complexity index is 897. The molecule has 1 aliphatic rings. The molecule has 138 valence electrons. The van der Waals surface area contributed by atoms with Crippen LogP contribution in [0.4, 0.5) is 10.1 Å². The molecular weight excluding hydrogens is 355 g/mol. The van der Waals surface area contributed by atoms with Crippen LogP contribution in [0, 0.1) is 5.82 Å². The van der Waals surface area contributed by atoms with E-state index < -0.39 is 10.0 Å². The fraction of sp³-hybridized carbons (Fsp3) is 0.316. The molecule has 1 aliphatic heterocycles. The van der Waals surface area contributed by atoms with E-state index in [0.29, 0.717) is 24.2 Å². The molecule has 0 aromatic heterocycles. The Hall–Kier alpha value is -2.41. The van der Waals surface area contributed by atoms with Crippen LogP contribution >= 0.6 is 0 Å². The lowest BCUT2D eigenvalue weighted by molar-refractivity contribution is 0.0940. The topological polar surface area (TPSA) is 66.5 Å². The summed E-state index contributed by atoms with van der Waals surface area (Å²) in [6.07, 6.45) is 1.46. The van der Waals surface area contributed by atoms with E-state index in [1.165, 1.54) is 16.4 Å². The Morgan fingerprint density at radius 3 is 2.58 bits per heavy atom. The SMILES string of the molecule is CC(NC(=O)c1cccc(N2CCCCS2(=O)=O)c1)c1ccc(F)cc1. The first-order valence-electron chi connectivity index (χ1n) is 8.53. The quantitative estimate of drug-likeness (QED) is 0.891. The lowest BCUT2D eigenvalue weighted by atomic mass is 10.1. The summed E-state index contributed by atoms with van der Waals surface area (Å²) >= 11 is 0. The molecule has 1 N–H and O–H groups in total. The highest BCUT2D eigenvalue weighted by Crippen LogP contribution is 2.24. The van der Waals surface area contributed by atoms with Gasteiger partial charge in [-0.05, 0) is 55.7 Å². The van der Waals surface area contributed by atoms with Crippen molar-refractivity contribution in [3.8, 4) is 0 Å². The average molecular weight is 376 g/mol. The van der Waals surface area contributed by atoms with Crippen LogP contribution in [0.25, 0.3) is 0 Å². The Morgan fingerprint density at radius 1 is 1.15 bits per heavy atom. The lowest BCUT2D eigenvalue weighted by Gasteiger charge is -2.28. The number of nitrogens with zero attached hydrogens (tertiary/aromatic N) is 1. The number of nitrogens with one attached hydrogen (secondary N) is 1. The van der Waals surface area contributed by atoms with Crippen LogP contribution in [0.5, 0.6) is 0 Å².